The molecule has 1 atom stereocenters. The van der Waals surface area contributed by atoms with Crippen molar-refractivity contribution in [2.45, 2.75) is 19.1 Å². The smallest absolute Gasteiger partial charge is 0.330 e. The van der Waals surface area contributed by atoms with Crippen molar-refractivity contribution in [3.8, 4) is 5.75 Å². The van der Waals surface area contributed by atoms with Gasteiger partial charge in [-0.25, -0.2) is 4.79 Å². The van der Waals surface area contributed by atoms with Crippen molar-refractivity contribution in [1.82, 2.24) is 5.32 Å². The van der Waals surface area contributed by atoms with Crippen molar-refractivity contribution in [2.24, 2.45) is 0 Å². The molecule has 0 bridgehead atoms. The Morgan fingerprint density at radius 3 is 2.92 bits per heavy atom. The van der Waals surface area contributed by atoms with E-state index in [-0.39, 0.29) is 12.4 Å². The molecule has 1 unspecified atom stereocenters. The SMILES string of the molecule is COCc1ccc(C(=O)NC(C(=O)O)c2ccc3c(c2)CCO3)o1. The molecule has 3 rings (SSSR count). The lowest BCUT2D eigenvalue weighted by atomic mass is 10.0. The van der Waals surface area contributed by atoms with Gasteiger partial charge < -0.3 is 24.3 Å². The first-order valence-corrected chi connectivity index (χ1v) is 7.45. The van der Waals surface area contributed by atoms with Crippen LogP contribution in [-0.4, -0.2) is 30.7 Å². The molecule has 1 amide bonds. The van der Waals surface area contributed by atoms with E-state index in [1.54, 1.807) is 24.3 Å². The third kappa shape index (κ3) is 3.26. The topological polar surface area (TPSA) is 98.0 Å². The second-order valence-corrected chi connectivity index (χ2v) is 5.41. The van der Waals surface area contributed by atoms with E-state index >= 15 is 0 Å². The number of nitrogens with one attached hydrogen (secondary N) is 1. The summed E-state index contributed by atoms with van der Waals surface area (Å²) in [6.45, 7) is 0.817. The first-order chi connectivity index (χ1) is 11.6. The molecule has 1 aromatic heterocycles. The highest BCUT2D eigenvalue weighted by Gasteiger charge is 2.26. The second kappa shape index (κ2) is 6.76. The number of benzene rings is 1. The number of fused-ring (bicyclic) bond motifs is 1. The number of furan rings is 1. The summed E-state index contributed by atoms with van der Waals surface area (Å²) in [5.41, 5.74) is 1.43. The van der Waals surface area contributed by atoms with Gasteiger partial charge in [0.1, 0.15) is 18.1 Å². The number of methoxy groups -OCH3 is 1. The van der Waals surface area contributed by atoms with Crippen LogP contribution in [0.25, 0.3) is 0 Å². The highest BCUT2D eigenvalue weighted by atomic mass is 16.5. The van der Waals surface area contributed by atoms with Gasteiger partial charge in [0.15, 0.2) is 11.8 Å². The third-order valence-electron chi connectivity index (χ3n) is 3.74. The summed E-state index contributed by atoms with van der Waals surface area (Å²) < 4.78 is 15.7. The average molecular weight is 331 g/mol. The van der Waals surface area contributed by atoms with Gasteiger partial charge in [0.25, 0.3) is 5.91 Å². The first-order valence-electron chi connectivity index (χ1n) is 7.45. The van der Waals surface area contributed by atoms with E-state index in [0.29, 0.717) is 17.9 Å². The van der Waals surface area contributed by atoms with Crippen molar-refractivity contribution in [2.75, 3.05) is 13.7 Å². The molecule has 126 valence electrons. The number of hydrogen-bond donors (Lipinski definition) is 2. The van der Waals surface area contributed by atoms with Gasteiger partial charge in [-0.15, -0.1) is 0 Å². The van der Waals surface area contributed by atoms with Gasteiger partial charge >= 0.3 is 5.97 Å². The van der Waals surface area contributed by atoms with Crippen LogP contribution >= 0.6 is 0 Å². The lowest BCUT2D eigenvalue weighted by molar-refractivity contribution is -0.139. The molecule has 2 N–H and O–H groups in total. The van der Waals surface area contributed by atoms with E-state index in [4.69, 9.17) is 13.9 Å². The van der Waals surface area contributed by atoms with E-state index in [0.717, 1.165) is 17.7 Å². The lowest BCUT2D eigenvalue weighted by Crippen LogP contribution is -2.33. The van der Waals surface area contributed by atoms with E-state index < -0.39 is 17.9 Å². The largest absolute Gasteiger partial charge is 0.493 e. The number of aliphatic carboxylic acids is 1. The maximum absolute atomic E-state index is 12.3. The molecule has 0 aliphatic carbocycles. The minimum Gasteiger partial charge on any atom is -0.493 e. The number of rotatable bonds is 6. The zero-order valence-corrected chi connectivity index (χ0v) is 13.1. The minimum absolute atomic E-state index is 0.0396. The molecule has 2 heterocycles. The normalized spacial score (nSPS) is 13.9. The van der Waals surface area contributed by atoms with Gasteiger partial charge in [-0.05, 0) is 35.4 Å². The minimum atomic E-state index is -1.17. The van der Waals surface area contributed by atoms with E-state index in [1.165, 1.54) is 13.2 Å². The Kier molecular flexibility index (Phi) is 4.52. The molecule has 2 aromatic rings. The van der Waals surface area contributed by atoms with E-state index in [9.17, 15) is 14.7 Å². The molecule has 1 aliphatic rings. The molecule has 0 saturated carbocycles. The molecular formula is C17H17NO6. The number of carbonyl (C=O) groups excluding carboxylic acids is 1. The fraction of sp³-hybridized carbons (Fsp3) is 0.294. The van der Waals surface area contributed by atoms with Gasteiger partial charge in [0, 0.05) is 13.5 Å². The number of carboxylic acids is 1. The van der Waals surface area contributed by atoms with Gasteiger partial charge in [0.2, 0.25) is 0 Å². The van der Waals surface area contributed by atoms with Crippen LogP contribution in [0.5, 0.6) is 5.75 Å². The molecule has 0 radical (unpaired) electrons. The maximum Gasteiger partial charge on any atom is 0.330 e. The molecule has 0 saturated heterocycles. The van der Waals surface area contributed by atoms with Gasteiger partial charge in [0.05, 0.1) is 6.61 Å². The molecule has 7 nitrogen and oxygen atoms in total. The maximum atomic E-state index is 12.3. The third-order valence-corrected chi connectivity index (χ3v) is 3.74. The van der Waals surface area contributed by atoms with Crippen LogP contribution in [0.4, 0.5) is 0 Å². The fourth-order valence-corrected chi connectivity index (χ4v) is 2.60. The number of ether oxygens (including phenoxy) is 2. The summed E-state index contributed by atoms with van der Waals surface area (Å²) in [7, 11) is 1.51. The van der Waals surface area contributed by atoms with E-state index in [1.807, 2.05) is 0 Å². The number of carboxylic acid groups (broad SMARTS) is 1. The Bertz CT molecular complexity index is 766. The molecule has 0 spiro atoms. The van der Waals surface area contributed by atoms with Crippen molar-refractivity contribution >= 4 is 11.9 Å². The van der Waals surface area contributed by atoms with Crippen LogP contribution in [-0.2, 0) is 22.6 Å². The Morgan fingerprint density at radius 2 is 2.17 bits per heavy atom. The highest BCUT2D eigenvalue weighted by molar-refractivity contribution is 5.94. The average Bonchev–Trinajstić information content (AvgIpc) is 3.20. The number of amides is 1. The van der Waals surface area contributed by atoms with Crippen molar-refractivity contribution in [1.29, 1.82) is 0 Å². The molecule has 1 aromatic carbocycles. The van der Waals surface area contributed by atoms with Crippen LogP contribution in [0.15, 0.2) is 34.7 Å². The number of hydrogen-bond acceptors (Lipinski definition) is 5. The monoisotopic (exact) mass is 331 g/mol. The summed E-state index contributed by atoms with van der Waals surface area (Å²) in [4.78, 5) is 23.8. The predicted molar refractivity (Wildman–Crippen MR) is 82.9 cm³/mol. The summed E-state index contributed by atoms with van der Waals surface area (Å²) in [6, 6.07) is 7.05. The molecule has 1 aliphatic heterocycles. The Labute approximate surface area is 138 Å². The lowest BCUT2D eigenvalue weighted by Gasteiger charge is -2.15. The van der Waals surface area contributed by atoms with Crippen molar-refractivity contribution < 1.29 is 28.6 Å². The summed E-state index contributed by atoms with van der Waals surface area (Å²) in [5.74, 6) is -0.459. The van der Waals surface area contributed by atoms with Crippen LogP contribution in [0.1, 0.15) is 33.5 Å². The molecule has 7 heteroatoms. The van der Waals surface area contributed by atoms with Crippen molar-refractivity contribution in [3.05, 3.63) is 53.0 Å². The zero-order chi connectivity index (χ0) is 17.1. The van der Waals surface area contributed by atoms with Crippen molar-refractivity contribution in [3.63, 3.8) is 0 Å². The second-order valence-electron chi connectivity index (χ2n) is 5.41. The molecular weight excluding hydrogens is 314 g/mol. The van der Waals surface area contributed by atoms with Gasteiger partial charge in [-0.2, -0.15) is 0 Å². The summed E-state index contributed by atoms with van der Waals surface area (Å²) in [5, 5.41) is 11.9. The van der Waals surface area contributed by atoms with E-state index in [2.05, 4.69) is 5.32 Å². The standard InChI is InChI=1S/C17H17NO6/c1-22-9-12-3-5-14(24-12)16(19)18-15(17(20)21)11-2-4-13-10(8-11)6-7-23-13/h2-5,8,15H,6-7,9H2,1H3,(H,18,19)(H,20,21). The molecule has 24 heavy (non-hydrogen) atoms. The zero-order valence-electron chi connectivity index (χ0n) is 13.1. The van der Waals surface area contributed by atoms with Crippen LogP contribution in [0, 0.1) is 0 Å². The Hall–Kier alpha value is -2.80. The van der Waals surface area contributed by atoms with Crippen LogP contribution in [0.2, 0.25) is 0 Å². The van der Waals surface area contributed by atoms with Crippen LogP contribution < -0.4 is 10.1 Å². The van der Waals surface area contributed by atoms with Crippen LogP contribution in [0.3, 0.4) is 0 Å². The Balaban J connectivity index is 1.78. The summed E-state index contributed by atoms with van der Waals surface area (Å²) >= 11 is 0. The summed E-state index contributed by atoms with van der Waals surface area (Å²) in [6.07, 6.45) is 0.724. The Morgan fingerprint density at radius 1 is 1.33 bits per heavy atom. The number of carbonyl (C=O) groups is 2. The van der Waals surface area contributed by atoms with Gasteiger partial charge in [-0.1, -0.05) is 6.07 Å². The highest BCUT2D eigenvalue weighted by Crippen LogP contribution is 2.28. The quantitative estimate of drug-likeness (QED) is 0.839. The molecule has 0 fully saturated rings. The van der Waals surface area contributed by atoms with Gasteiger partial charge in [-0.3, -0.25) is 4.79 Å². The first kappa shape index (κ1) is 16.1. The fourth-order valence-electron chi connectivity index (χ4n) is 2.60. The predicted octanol–water partition coefficient (Wildman–Crippen LogP) is 1.92.